The van der Waals surface area contributed by atoms with Gasteiger partial charge in [0.25, 0.3) is 5.91 Å². The smallest absolute Gasteiger partial charge is 0.258 e. The third-order valence-corrected chi connectivity index (χ3v) is 4.38. The van der Waals surface area contributed by atoms with Crippen LogP contribution >= 0.6 is 15.9 Å². The first-order valence-corrected chi connectivity index (χ1v) is 7.75. The monoisotopic (exact) mass is 357 g/mol. The maximum atomic E-state index is 12.8. The van der Waals surface area contributed by atoms with Crippen LogP contribution in [0.3, 0.4) is 0 Å². The number of amides is 1. The van der Waals surface area contributed by atoms with Gasteiger partial charge in [0.1, 0.15) is 11.5 Å². The standard InChI is InChI=1S/C15H20BrNO4/c1-20-11-7-12(14(21-2)13(16)8-11)15(19)17-6-4-3-5-10(17)9-18/h7-8,10,18H,3-6,9H2,1-2H3. The molecule has 0 aromatic heterocycles. The van der Waals surface area contributed by atoms with Crippen LogP contribution in [0.1, 0.15) is 29.6 Å². The van der Waals surface area contributed by atoms with Crippen molar-refractivity contribution in [1.82, 2.24) is 4.90 Å². The summed E-state index contributed by atoms with van der Waals surface area (Å²) in [7, 11) is 3.09. The minimum absolute atomic E-state index is 0.0147. The zero-order valence-corrected chi connectivity index (χ0v) is 13.9. The molecule has 1 amide bonds. The van der Waals surface area contributed by atoms with Crippen molar-refractivity contribution >= 4 is 21.8 Å². The van der Waals surface area contributed by atoms with Gasteiger partial charge in [0, 0.05) is 6.54 Å². The van der Waals surface area contributed by atoms with Crippen LogP contribution in [-0.4, -0.2) is 49.3 Å². The highest BCUT2D eigenvalue weighted by Gasteiger charge is 2.29. The molecule has 1 aromatic carbocycles. The minimum atomic E-state index is -0.134. The Kier molecular flexibility index (Phi) is 5.47. The summed E-state index contributed by atoms with van der Waals surface area (Å²) in [5, 5.41) is 9.48. The molecule has 1 aliphatic heterocycles. The topological polar surface area (TPSA) is 59.0 Å². The normalized spacial score (nSPS) is 18.5. The van der Waals surface area contributed by atoms with E-state index in [4.69, 9.17) is 9.47 Å². The molecule has 1 unspecified atom stereocenters. The number of rotatable bonds is 4. The number of methoxy groups -OCH3 is 2. The maximum absolute atomic E-state index is 12.8. The van der Waals surface area contributed by atoms with Crippen molar-refractivity contribution in [3.8, 4) is 11.5 Å². The lowest BCUT2D eigenvalue weighted by molar-refractivity contribution is 0.0499. The summed E-state index contributed by atoms with van der Waals surface area (Å²) in [5.74, 6) is 0.942. The van der Waals surface area contributed by atoms with Crippen LogP contribution in [0.5, 0.6) is 11.5 Å². The quantitative estimate of drug-likeness (QED) is 0.898. The van der Waals surface area contributed by atoms with Crippen LogP contribution in [0.4, 0.5) is 0 Å². The molecule has 1 aliphatic rings. The lowest BCUT2D eigenvalue weighted by Gasteiger charge is -2.35. The first-order chi connectivity index (χ1) is 10.1. The molecule has 1 saturated heterocycles. The molecular formula is C15H20BrNO4. The summed E-state index contributed by atoms with van der Waals surface area (Å²) < 4.78 is 11.2. The fraction of sp³-hybridized carbons (Fsp3) is 0.533. The molecule has 1 N–H and O–H groups in total. The van der Waals surface area contributed by atoms with E-state index in [0.29, 0.717) is 28.1 Å². The highest BCUT2D eigenvalue weighted by molar-refractivity contribution is 9.10. The number of aliphatic hydroxyl groups excluding tert-OH is 1. The molecular weight excluding hydrogens is 338 g/mol. The van der Waals surface area contributed by atoms with Gasteiger partial charge in [-0.15, -0.1) is 0 Å². The average Bonchev–Trinajstić information content (AvgIpc) is 2.53. The number of aliphatic hydroxyl groups is 1. The van der Waals surface area contributed by atoms with Gasteiger partial charge in [-0.3, -0.25) is 4.79 Å². The van der Waals surface area contributed by atoms with Crippen molar-refractivity contribution < 1.29 is 19.4 Å². The molecule has 0 bridgehead atoms. The summed E-state index contributed by atoms with van der Waals surface area (Å²) in [6.07, 6.45) is 2.82. The van der Waals surface area contributed by atoms with E-state index in [1.165, 1.54) is 7.11 Å². The molecule has 1 fully saturated rings. The zero-order valence-electron chi connectivity index (χ0n) is 12.3. The molecule has 0 saturated carbocycles. The van der Waals surface area contributed by atoms with Crippen molar-refractivity contribution in [3.05, 3.63) is 22.2 Å². The number of likely N-dealkylation sites (tertiary alicyclic amines) is 1. The molecule has 0 radical (unpaired) electrons. The number of carbonyl (C=O) groups is 1. The average molecular weight is 358 g/mol. The van der Waals surface area contributed by atoms with Gasteiger partial charge >= 0.3 is 0 Å². The van der Waals surface area contributed by atoms with Crippen molar-refractivity contribution in [1.29, 1.82) is 0 Å². The molecule has 0 aliphatic carbocycles. The summed E-state index contributed by atoms with van der Waals surface area (Å²) >= 11 is 3.40. The second-order valence-electron chi connectivity index (χ2n) is 5.02. The lowest BCUT2D eigenvalue weighted by atomic mass is 10.0. The molecule has 5 nitrogen and oxygen atoms in total. The van der Waals surface area contributed by atoms with Gasteiger partial charge in [0.2, 0.25) is 0 Å². The van der Waals surface area contributed by atoms with Gasteiger partial charge in [-0.2, -0.15) is 0 Å². The van der Waals surface area contributed by atoms with Crippen molar-refractivity contribution in [2.45, 2.75) is 25.3 Å². The molecule has 2 rings (SSSR count). The number of piperidine rings is 1. The Hall–Kier alpha value is -1.27. The Morgan fingerprint density at radius 1 is 1.38 bits per heavy atom. The second-order valence-corrected chi connectivity index (χ2v) is 5.88. The molecule has 1 aromatic rings. The summed E-state index contributed by atoms with van der Waals surface area (Å²) in [6, 6.07) is 3.31. The van der Waals surface area contributed by atoms with Crippen molar-refractivity contribution in [3.63, 3.8) is 0 Å². The number of benzene rings is 1. The fourth-order valence-electron chi connectivity index (χ4n) is 2.67. The highest BCUT2D eigenvalue weighted by Crippen LogP contribution is 2.35. The third-order valence-electron chi connectivity index (χ3n) is 3.79. The van der Waals surface area contributed by atoms with E-state index in [0.717, 1.165) is 19.3 Å². The van der Waals surface area contributed by atoms with Crippen LogP contribution in [-0.2, 0) is 0 Å². The second kappa shape index (κ2) is 7.13. The molecule has 116 valence electrons. The van der Waals surface area contributed by atoms with Gasteiger partial charge in [-0.05, 0) is 47.3 Å². The predicted molar refractivity (Wildman–Crippen MR) is 83.0 cm³/mol. The highest BCUT2D eigenvalue weighted by atomic mass is 79.9. The van der Waals surface area contributed by atoms with Gasteiger partial charge in [-0.1, -0.05) is 0 Å². The van der Waals surface area contributed by atoms with Crippen LogP contribution < -0.4 is 9.47 Å². The van der Waals surface area contributed by atoms with E-state index < -0.39 is 0 Å². The number of nitrogens with zero attached hydrogens (tertiary/aromatic N) is 1. The van der Waals surface area contributed by atoms with Crippen LogP contribution in [0, 0.1) is 0 Å². The van der Waals surface area contributed by atoms with Gasteiger partial charge in [0.05, 0.1) is 36.9 Å². The Morgan fingerprint density at radius 2 is 2.14 bits per heavy atom. The molecule has 21 heavy (non-hydrogen) atoms. The van der Waals surface area contributed by atoms with E-state index in [2.05, 4.69) is 15.9 Å². The largest absolute Gasteiger partial charge is 0.497 e. The van der Waals surface area contributed by atoms with E-state index in [-0.39, 0.29) is 18.6 Å². The number of hydrogen-bond acceptors (Lipinski definition) is 4. The van der Waals surface area contributed by atoms with Gasteiger partial charge in [0.15, 0.2) is 0 Å². The van der Waals surface area contributed by atoms with Gasteiger partial charge < -0.3 is 19.5 Å². The summed E-state index contributed by atoms with van der Waals surface area (Å²) in [5.41, 5.74) is 0.448. The van der Waals surface area contributed by atoms with Gasteiger partial charge in [-0.25, -0.2) is 0 Å². The van der Waals surface area contributed by atoms with E-state index in [1.807, 2.05) is 0 Å². The lowest BCUT2D eigenvalue weighted by Crippen LogP contribution is -2.45. The number of halogens is 1. The summed E-state index contributed by atoms with van der Waals surface area (Å²) in [6.45, 7) is 0.640. The molecule has 1 heterocycles. The SMILES string of the molecule is COc1cc(Br)c(OC)c(C(=O)N2CCCCC2CO)c1. The maximum Gasteiger partial charge on any atom is 0.258 e. The molecule has 6 heteroatoms. The van der Waals surface area contributed by atoms with E-state index >= 15 is 0 Å². The van der Waals surface area contributed by atoms with Crippen molar-refractivity contribution in [2.75, 3.05) is 27.4 Å². The zero-order chi connectivity index (χ0) is 15.4. The first kappa shape index (κ1) is 16.1. The Morgan fingerprint density at radius 3 is 2.76 bits per heavy atom. The van der Waals surface area contributed by atoms with E-state index in [1.54, 1.807) is 24.1 Å². The Labute approximate surface area is 133 Å². The van der Waals surface area contributed by atoms with Crippen LogP contribution in [0.25, 0.3) is 0 Å². The number of carbonyl (C=O) groups excluding carboxylic acids is 1. The van der Waals surface area contributed by atoms with Crippen LogP contribution in [0.2, 0.25) is 0 Å². The van der Waals surface area contributed by atoms with Crippen molar-refractivity contribution in [2.24, 2.45) is 0 Å². The van der Waals surface area contributed by atoms with E-state index in [9.17, 15) is 9.90 Å². The fourth-order valence-corrected chi connectivity index (χ4v) is 3.27. The minimum Gasteiger partial charge on any atom is -0.497 e. The Bertz CT molecular complexity index is 521. The molecule has 0 spiro atoms. The third kappa shape index (κ3) is 3.32. The van der Waals surface area contributed by atoms with Crippen LogP contribution in [0.15, 0.2) is 16.6 Å². The molecule has 1 atom stereocenters. The predicted octanol–water partition coefficient (Wildman–Crippen LogP) is 2.45. The number of ether oxygens (including phenoxy) is 2. The number of hydrogen-bond donors (Lipinski definition) is 1. The summed E-state index contributed by atoms with van der Waals surface area (Å²) in [4.78, 5) is 14.6. The Balaban J connectivity index is 2.39. The first-order valence-electron chi connectivity index (χ1n) is 6.95.